The Labute approximate surface area is 212 Å². The number of hydrogen-bond acceptors (Lipinski definition) is 5. The van der Waals surface area contributed by atoms with Crippen LogP contribution in [-0.4, -0.2) is 43.0 Å². The fourth-order valence-electron chi connectivity index (χ4n) is 4.49. The molecule has 9 heteroatoms. The Balaban J connectivity index is 1.52. The minimum Gasteiger partial charge on any atom is -0.465 e. The van der Waals surface area contributed by atoms with Gasteiger partial charge in [-0.3, -0.25) is 9.69 Å². The van der Waals surface area contributed by atoms with E-state index in [2.05, 4.69) is 16.3 Å². The van der Waals surface area contributed by atoms with E-state index in [4.69, 9.17) is 10.00 Å². The third-order valence-electron chi connectivity index (χ3n) is 6.40. The molecule has 37 heavy (non-hydrogen) atoms. The molecule has 6 nitrogen and oxygen atoms in total. The number of esters is 1. The number of rotatable bonds is 6. The summed E-state index contributed by atoms with van der Waals surface area (Å²) in [6.45, 7) is 1.16. The second kappa shape index (κ2) is 10.8. The lowest BCUT2D eigenvalue weighted by molar-refractivity contribution is -0.137. The predicted molar refractivity (Wildman–Crippen MR) is 130 cm³/mol. The monoisotopic (exact) mass is 507 g/mol. The standard InChI is InChI=1S/C28H24F3N3O3/c1-37-27(36)22-8-6-20(7-9-22)25(19-4-2-18(16-32)3-5-19)34-15-14-24(17-34)33-26(35)21-10-12-23(13-11-21)28(29,30)31/h2-13,24-25H,14-15,17H2,1H3,(H,33,35)/t24?,25-/m1/s1. The van der Waals surface area contributed by atoms with Crippen LogP contribution in [0.2, 0.25) is 0 Å². The number of nitriles is 1. The van der Waals surface area contributed by atoms with Crippen molar-refractivity contribution in [3.8, 4) is 6.07 Å². The van der Waals surface area contributed by atoms with Crippen molar-refractivity contribution in [1.82, 2.24) is 10.2 Å². The van der Waals surface area contributed by atoms with Gasteiger partial charge in [-0.05, 0) is 66.1 Å². The first kappa shape index (κ1) is 25.9. The Hall–Kier alpha value is -4.16. The Bertz CT molecular complexity index is 1300. The smallest absolute Gasteiger partial charge is 0.416 e. The molecule has 1 fully saturated rings. The van der Waals surface area contributed by atoms with Crippen molar-refractivity contribution in [3.05, 3.63) is 106 Å². The molecule has 0 spiro atoms. The maximum Gasteiger partial charge on any atom is 0.416 e. The average molecular weight is 508 g/mol. The zero-order chi connectivity index (χ0) is 26.6. The van der Waals surface area contributed by atoms with Gasteiger partial charge in [0.15, 0.2) is 0 Å². The minimum atomic E-state index is -4.46. The third-order valence-corrected chi connectivity index (χ3v) is 6.40. The van der Waals surface area contributed by atoms with Crippen LogP contribution in [-0.2, 0) is 10.9 Å². The first-order valence-corrected chi connectivity index (χ1v) is 11.6. The number of carbonyl (C=O) groups is 2. The molecule has 3 aromatic carbocycles. The Morgan fingerprint density at radius 2 is 1.54 bits per heavy atom. The lowest BCUT2D eigenvalue weighted by Crippen LogP contribution is -2.38. The molecule has 1 heterocycles. The van der Waals surface area contributed by atoms with E-state index in [1.807, 2.05) is 24.3 Å². The van der Waals surface area contributed by atoms with E-state index in [1.54, 1.807) is 24.3 Å². The van der Waals surface area contributed by atoms with E-state index >= 15 is 0 Å². The highest BCUT2D eigenvalue weighted by molar-refractivity contribution is 5.94. The molecule has 0 radical (unpaired) electrons. The lowest BCUT2D eigenvalue weighted by atomic mass is 9.95. The van der Waals surface area contributed by atoms with Gasteiger partial charge in [0.05, 0.1) is 35.9 Å². The van der Waals surface area contributed by atoms with E-state index in [1.165, 1.54) is 19.2 Å². The van der Waals surface area contributed by atoms with Crippen molar-refractivity contribution < 1.29 is 27.5 Å². The van der Waals surface area contributed by atoms with Crippen molar-refractivity contribution in [3.63, 3.8) is 0 Å². The van der Waals surface area contributed by atoms with E-state index in [0.717, 1.165) is 23.3 Å². The Kier molecular flexibility index (Phi) is 7.60. The number of carbonyl (C=O) groups excluding carboxylic acids is 2. The van der Waals surface area contributed by atoms with E-state index in [-0.39, 0.29) is 17.6 Å². The van der Waals surface area contributed by atoms with Crippen LogP contribution in [0.25, 0.3) is 0 Å². The van der Waals surface area contributed by atoms with Gasteiger partial charge in [0.2, 0.25) is 0 Å². The molecule has 1 N–H and O–H groups in total. The van der Waals surface area contributed by atoms with Crippen LogP contribution in [0.4, 0.5) is 13.2 Å². The second-order valence-electron chi connectivity index (χ2n) is 8.78. The van der Waals surface area contributed by atoms with Crippen molar-refractivity contribution in [2.24, 2.45) is 0 Å². The molecule has 1 aliphatic heterocycles. The first-order chi connectivity index (χ1) is 17.7. The largest absolute Gasteiger partial charge is 0.465 e. The van der Waals surface area contributed by atoms with Crippen LogP contribution >= 0.6 is 0 Å². The van der Waals surface area contributed by atoms with Gasteiger partial charge in [-0.25, -0.2) is 4.79 Å². The van der Waals surface area contributed by atoms with Gasteiger partial charge in [0, 0.05) is 24.7 Å². The molecule has 4 rings (SSSR count). The van der Waals surface area contributed by atoms with E-state index in [0.29, 0.717) is 30.6 Å². The number of likely N-dealkylation sites (tertiary alicyclic amines) is 1. The summed E-state index contributed by atoms with van der Waals surface area (Å²) >= 11 is 0. The van der Waals surface area contributed by atoms with Crippen LogP contribution < -0.4 is 5.32 Å². The van der Waals surface area contributed by atoms with Gasteiger partial charge in [-0.1, -0.05) is 24.3 Å². The summed E-state index contributed by atoms with van der Waals surface area (Å²) in [7, 11) is 1.32. The highest BCUT2D eigenvalue weighted by Gasteiger charge is 2.32. The van der Waals surface area contributed by atoms with Crippen molar-refractivity contribution in [1.29, 1.82) is 5.26 Å². The molecule has 1 aliphatic rings. The topological polar surface area (TPSA) is 82.4 Å². The highest BCUT2D eigenvalue weighted by atomic mass is 19.4. The SMILES string of the molecule is COC(=O)c1ccc([C@@H](c2ccc(C#N)cc2)N2CCC(NC(=O)c3ccc(C(F)(F)F)cc3)C2)cc1. The number of amides is 1. The summed E-state index contributed by atoms with van der Waals surface area (Å²) in [4.78, 5) is 26.7. The molecule has 3 aromatic rings. The number of nitrogens with zero attached hydrogens (tertiary/aromatic N) is 2. The van der Waals surface area contributed by atoms with Gasteiger partial charge in [-0.15, -0.1) is 0 Å². The normalized spacial score (nSPS) is 16.6. The molecule has 1 saturated heterocycles. The highest BCUT2D eigenvalue weighted by Crippen LogP contribution is 2.33. The van der Waals surface area contributed by atoms with Crippen LogP contribution in [0.15, 0.2) is 72.8 Å². The molecule has 2 atom stereocenters. The third kappa shape index (κ3) is 5.98. The maximum absolute atomic E-state index is 12.8. The number of benzene rings is 3. The number of ether oxygens (including phenoxy) is 1. The summed E-state index contributed by atoms with van der Waals surface area (Å²) in [6.07, 6.45) is -3.81. The molecule has 190 valence electrons. The summed E-state index contributed by atoms with van der Waals surface area (Å²) in [6, 6.07) is 20.2. The minimum absolute atomic E-state index is 0.161. The average Bonchev–Trinajstić information content (AvgIpc) is 3.36. The summed E-state index contributed by atoms with van der Waals surface area (Å²) < 4.78 is 43.3. The molecule has 0 saturated carbocycles. The molecule has 1 unspecified atom stereocenters. The summed E-state index contributed by atoms with van der Waals surface area (Å²) in [5, 5.41) is 12.1. The van der Waals surface area contributed by atoms with Gasteiger partial charge in [0.25, 0.3) is 5.91 Å². The number of methoxy groups -OCH3 is 1. The molecular formula is C28H24F3N3O3. The zero-order valence-corrected chi connectivity index (χ0v) is 20.0. The van der Waals surface area contributed by atoms with Crippen LogP contribution in [0.5, 0.6) is 0 Å². The molecule has 0 aliphatic carbocycles. The van der Waals surface area contributed by atoms with E-state index < -0.39 is 23.6 Å². The second-order valence-corrected chi connectivity index (χ2v) is 8.78. The quantitative estimate of drug-likeness (QED) is 0.477. The number of nitrogens with one attached hydrogen (secondary N) is 1. The van der Waals surface area contributed by atoms with Crippen LogP contribution in [0.1, 0.15) is 55.4 Å². The summed E-state index contributed by atoms with van der Waals surface area (Å²) in [5.41, 5.74) is 2.18. The first-order valence-electron chi connectivity index (χ1n) is 11.6. The van der Waals surface area contributed by atoms with Gasteiger partial charge < -0.3 is 10.1 Å². The Morgan fingerprint density at radius 1 is 0.973 bits per heavy atom. The zero-order valence-electron chi connectivity index (χ0n) is 20.0. The van der Waals surface area contributed by atoms with Gasteiger partial charge >= 0.3 is 12.1 Å². The fourth-order valence-corrected chi connectivity index (χ4v) is 4.49. The van der Waals surface area contributed by atoms with Gasteiger partial charge in [-0.2, -0.15) is 18.4 Å². The Morgan fingerprint density at radius 3 is 2.08 bits per heavy atom. The van der Waals surface area contributed by atoms with Gasteiger partial charge in [0.1, 0.15) is 0 Å². The van der Waals surface area contributed by atoms with Crippen molar-refractivity contribution >= 4 is 11.9 Å². The lowest BCUT2D eigenvalue weighted by Gasteiger charge is -2.29. The molecular weight excluding hydrogens is 483 g/mol. The molecule has 1 amide bonds. The fraction of sp³-hybridized carbons (Fsp3) is 0.250. The summed E-state index contributed by atoms with van der Waals surface area (Å²) in [5.74, 6) is -0.869. The predicted octanol–water partition coefficient (Wildman–Crippen LogP) is 4.96. The van der Waals surface area contributed by atoms with E-state index in [9.17, 15) is 22.8 Å². The van der Waals surface area contributed by atoms with Crippen molar-refractivity contribution in [2.45, 2.75) is 24.7 Å². The van der Waals surface area contributed by atoms with Crippen LogP contribution in [0, 0.1) is 11.3 Å². The number of halogens is 3. The number of hydrogen-bond donors (Lipinski definition) is 1. The molecule has 0 aromatic heterocycles. The molecule has 0 bridgehead atoms. The number of alkyl halides is 3. The maximum atomic E-state index is 12.8. The van der Waals surface area contributed by atoms with Crippen molar-refractivity contribution in [2.75, 3.05) is 20.2 Å². The van der Waals surface area contributed by atoms with Crippen LogP contribution in [0.3, 0.4) is 0 Å².